The molecule has 4 heteroatoms. The van der Waals surface area contributed by atoms with E-state index in [1.54, 1.807) is 0 Å². The lowest BCUT2D eigenvalue weighted by Gasteiger charge is -2.47. The summed E-state index contributed by atoms with van der Waals surface area (Å²) < 4.78 is 5.17. The van der Waals surface area contributed by atoms with Crippen molar-refractivity contribution in [1.29, 1.82) is 0 Å². The molecule has 1 unspecified atom stereocenters. The Morgan fingerprint density at radius 1 is 1.17 bits per heavy atom. The maximum atomic E-state index is 12.5. The maximum absolute atomic E-state index is 12.5. The number of methoxy groups -OCH3 is 1. The fourth-order valence-electron chi connectivity index (χ4n) is 3.82. The molecule has 2 aliphatic rings. The minimum absolute atomic E-state index is 0.00440. The average Bonchev–Trinajstić information content (AvgIpc) is 2.57. The zero-order valence-corrected chi connectivity index (χ0v) is 11.9. The fraction of sp³-hybridized carbons (Fsp3) is 0.929. The van der Waals surface area contributed by atoms with E-state index in [0.29, 0.717) is 0 Å². The van der Waals surface area contributed by atoms with Crippen LogP contribution < -0.4 is 5.32 Å². The first-order valence-electron chi connectivity index (χ1n) is 7.09. The molecule has 0 spiro atoms. The highest BCUT2D eigenvalue weighted by atomic mass is 16.5. The molecular weight excluding hydrogens is 228 g/mol. The highest BCUT2D eigenvalue weighted by Gasteiger charge is 2.58. The van der Waals surface area contributed by atoms with Gasteiger partial charge in [-0.15, -0.1) is 0 Å². The van der Waals surface area contributed by atoms with Crippen LogP contribution in [0.15, 0.2) is 0 Å². The van der Waals surface area contributed by atoms with E-state index in [0.717, 1.165) is 51.9 Å². The third kappa shape index (κ3) is 2.05. The Balaban J connectivity index is 2.32. The quantitative estimate of drug-likeness (QED) is 0.756. The van der Waals surface area contributed by atoms with Gasteiger partial charge in [-0.3, -0.25) is 9.69 Å². The number of rotatable bonds is 2. The summed E-state index contributed by atoms with van der Waals surface area (Å²) in [6.45, 7) is 8.39. The van der Waals surface area contributed by atoms with E-state index in [1.165, 1.54) is 7.11 Å². The van der Waals surface area contributed by atoms with Crippen molar-refractivity contribution in [2.75, 3.05) is 33.3 Å². The second-order valence-corrected chi connectivity index (χ2v) is 6.18. The molecular formula is C14H26N2O2. The fourth-order valence-corrected chi connectivity index (χ4v) is 3.82. The molecule has 1 saturated heterocycles. The number of nitrogens with one attached hydrogen (secondary N) is 1. The van der Waals surface area contributed by atoms with Crippen molar-refractivity contribution in [1.82, 2.24) is 10.2 Å². The van der Waals surface area contributed by atoms with Gasteiger partial charge in [0, 0.05) is 19.6 Å². The Kier molecular flexibility index (Phi) is 3.97. The van der Waals surface area contributed by atoms with Crippen LogP contribution in [0.4, 0.5) is 0 Å². The third-order valence-corrected chi connectivity index (χ3v) is 4.86. The normalized spacial score (nSPS) is 33.1. The molecule has 0 aromatic heterocycles. The zero-order chi connectivity index (χ0) is 13.2. The van der Waals surface area contributed by atoms with Crippen LogP contribution in [0, 0.1) is 5.41 Å². The molecule has 18 heavy (non-hydrogen) atoms. The predicted molar refractivity (Wildman–Crippen MR) is 71.4 cm³/mol. The smallest absolute Gasteiger partial charge is 0.326 e. The van der Waals surface area contributed by atoms with Gasteiger partial charge < -0.3 is 10.1 Å². The Morgan fingerprint density at radius 2 is 1.94 bits per heavy atom. The molecule has 2 fully saturated rings. The van der Waals surface area contributed by atoms with E-state index >= 15 is 0 Å². The molecule has 0 aromatic carbocycles. The maximum Gasteiger partial charge on any atom is 0.326 e. The van der Waals surface area contributed by atoms with Crippen molar-refractivity contribution < 1.29 is 9.53 Å². The van der Waals surface area contributed by atoms with Crippen LogP contribution in [0.2, 0.25) is 0 Å². The van der Waals surface area contributed by atoms with Crippen LogP contribution >= 0.6 is 0 Å². The number of nitrogens with zero attached hydrogens (tertiary/aromatic N) is 1. The summed E-state index contributed by atoms with van der Waals surface area (Å²) in [5.74, 6) is -0.0353. The van der Waals surface area contributed by atoms with Gasteiger partial charge in [-0.2, -0.15) is 0 Å². The molecule has 4 nitrogen and oxygen atoms in total. The molecule has 0 bridgehead atoms. The Labute approximate surface area is 110 Å². The van der Waals surface area contributed by atoms with Crippen LogP contribution in [0.3, 0.4) is 0 Å². The molecule has 0 amide bonds. The average molecular weight is 254 g/mol. The number of carbonyl (C=O) groups excluding carboxylic acids is 1. The second kappa shape index (κ2) is 5.17. The van der Waals surface area contributed by atoms with Crippen LogP contribution in [-0.2, 0) is 9.53 Å². The van der Waals surface area contributed by atoms with Gasteiger partial charge in [0.1, 0.15) is 5.54 Å². The van der Waals surface area contributed by atoms with Gasteiger partial charge in [0.05, 0.1) is 7.11 Å². The van der Waals surface area contributed by atoms with Gasteiger partial charge in [0.25, 0.3) is 0 Å². The van der Waals surface area contributed by atoms with Crippen molar-refractivity contribution in [3.05, 3.63) is 0 Å². The first kappa shape index (κ1) is 13.8. The summed E-state index contributed by atoms with van der Waals surface area (Å²) in [5.41, 5.74) is -0.405. The Bertz CT molecular complexity index is 309. The lowest BCUT2D eigenvalue weighted by atomic mass is 9.73. The second-order valence-electron chi connectivity index (χ2n) is 6.18. The summed E-state index contributed by atoms with van der Waals surface area (Å²) in [6, 6.07) is 0. The zero-order valence-electron chi connectivity index (χ0n) is 11.9. The topological polar surface area (TPSA) is 41.6 Å². The highest BCUT2D eigenvalue weighted by Crippen LogP contribution is 2.50. The van der Waals surface area contributed by atoms with E-state index in [4.69, 9.17) is 4.74 Å². The molecule has 1 heterocycles. The lowest BCUT2D eigenvalue weighted by molar-refractivity contribution is -0.162. The number of ether oxygens (including phenoxy) is 1. The standard InChI is InChI=1S/C14H26N2O2/c1-13(2)6-4-7-14(13,12(17)18-3)16-10-5-8-15-9-11-16/h15H,4-11H2,1-3H3. The van der Waals surface area contributed by atoms with Gasteiger partial charge in [-0.1, -0.05) is 20.3 Å². The summed E-state index contributed by atoms with van der Waals surface area (Å²) in [5, 5.41) is 3.41. The number of hydrogen-bond donors (Lipinski definition) is 1. The summed E-state index contributed by atoms with van der Waals surface area (Å²) in [4.78, 5) is 14.9. The number of carbonyl (C=O) groups is 1. The minimum atomic E-state index is -0.409. The lowest BCUT2D eigenvalue weighted by Crippen LogP contribution is -2.61. The molecule has 2 rings (SSSR count). The Hall–Kier alpha value is -0.610. The highest BCUT2D eigenvalue weighted by molar-refractivity contribution is 5.82. The van der Waals surface area contributed by atoms with Crippen LogP contribution in [0.1, 0.15) is 39.5 Å². The van der Waals surface area contributed by atoms with Crippen molar-refractivity contribution in [2.24, 2.45) is 5.41 Å². The van der Waals surface area contributed by atoms with E-state index < -0.39 is 5.54 Å². The minimum Gasteiger partial charge on any atom is -0.468 e. The monoisotopic (exact) mass is 254 g/mol. The Morgan fingerprint density at radius 3 is 2.56 bits per heavy atom. The SMILES string of the molecule is COC(=O)C1(N2CCCNCC2)CCCC1(C)C. The first-order chi connectivity index (χ1) is 8.54. The third-order valence-electron chi connectivity index (χ3n) is 4.86. The molecule has 0 aromatic rings. The largest absolute Gasteiger partial charge is 0.468 e. The van der Waals surface area contributed by atoms with Crippen molar-refractivity contribution in [3.8, 4) is 0 Å². The van der Waals surface area contributed by atoms with Crippen LogP contribution in [-0.4, -0.2) is 49.7 Å². The van der Waals surface area contributed by atoms with Gasteiger partial charge in [0.15, 0.2) is 0 Å². The van der Waals surface area contributed by atoms with E-state index in [9.17, 15) is 4.79 Å². The van der Waals surface area contributed by atoms with E-state index in [-0.39, 0.29) is 11.4 Å². The number of esters is 1. The van der Waals surface area contributed by atoms with Crippen molar-refractivity contribution >= 4 is 5.97 Å². The summed E-state index contributed by atoms with van der Waals surface area (Å²) in [7, 11) is 1.52. The van der Waals surface area contributed by atoms with Crippen molar-refractivity contribution in [3.63, 3.8) is 0 Å². The van der Waals surface area contributed by atoms with E-state index in [1.807, 2.05) is 0 Å². The molecule has 1 saturated carbocycles. The van der Waals surface area contributed by atoms with Gasteiger partial charge in [-0.25, -0.2) is 0 Å². The van der Waals surface area contributed by atoms with Crippen LogP contribution in [0.25, 0.3) is 0 Å². The molecule has 1 aliphatic carbocycles. The molecule has 104 valence electrons. The molecule has 1 aliphatic heterocycles. The number of hydrogen-bond acceptors (Lipinski definition) is 4. The summed E-state index contributed by atoms with van der Waals surface area (Å²) in [6.07, 6.45) is 4.26. The van der Waals surface area contributed by atoms with E-state index in [2.05, 4.69) is 24.1 Å². The van der Waals surface area contributed by atoms with Gasteiger partial charge in [0.2, 0.25) is 0 Å². The molecule has 1 N–H and O–H groups in total. The van der Waals surface area contributed by atoms with Crippen LogP contribution in [0.5, 0.6) is 0 Å². The molecule has 0 radical (unpaired) electrons. The van der Waals surface area contributed by atoms with Gasteiger partial charge in [-0.05, 0) is 31.2 Å². The van der Waals surface area contributed by atoms with Crippen molar-refractivity contribution in [2.45, 2.75) is 45.1 Å². The summed E-state index contributed by atoms with van der Waals surface area (Å²) >= 11 is 0. The van der Waals surface area contributed by atoms with Gasteiger partial charge >= 0.3 is 5.97 Å². The predicted octanol–water partition coefficient (Wildman–Crippen LogP) is 1.40. The molecule has 1 atom stereocenters. The first-order valence-corrected chi connectivity index (χ1v) is 7.09.